The topological polar surface area (TPSA) is 121 Å². The Morgan fingerprint density at radius 1 is 0.769 bits per heavy atom. The monoisotopic (exact) mass is 520 g/mol. The lowest BCUT2D eigenvalue weighted by atomic mass is 9.91. The van der Waals surface area contributed by atoms with Gasteiger partial charge in [-0.15, -0.1) is 0 Å². The van der Waals surface area contributed by atoms with Crippen molar-refractivity contribution in [1.29, 1.82) is 0 Å². The maximum atomic E-state index is 13.3. The minimum absolute atomic E-state index is 0.0176. The fourth-order valence-corrected chi connectivity index (χ4v) is 4.11. The molecule has 0 spiro atoms. The van der Waals surface area contributed by atoms with Gasteiger partial charge in [0.2, 0.25) is 5.91 Å². The average molecular weight is 521 g/mol. The second kappa shape index (κ2) is 14.1. The summed E-state index contributed by atoms with van der Waals surface area (Å²) in [7, 11) is 0. The standard InChI is InChI=1S/C31H32N6O2/c32-30(37-31(39)36-22-26-13-8-16-33-19-26)35-21-25-12-7-11-24(17-25)20-34-29(38)28(27-14-5-2-6-15-27)18-23-9-3-1-4-10-23/h1-17,19,28H,18,20-22H2,(H,34,38)(H4,32,35,36,37,39). The molecule has 1 unspecified atom stereocenters. The van der Waals surface area contributed by atoms with Crippen molar-refractivity contribution in [2.45, 2.75) is 32.0 Å². The number of benzene rings is 3. The normalized spacial score (nSPS) is 11.8. The van der Waals surface area contributed by atoms with Crippen LogP contribution in [0, 0.1) is 0 Å². The quantitative estimate of drug-likeness (QED) is 0.186. The van der Waals surface area contributed by atoms with Crippen molar-refractivity contribution >= 4 is 17.9 Å². The summed E-state index contributed by atoms with van der Waals surface area (Å²) in [5.41, 5.74) is 10.7. The molecule has 39 heavy (non-hydrogen) atoms. The van der Waals surface area contributed by atoms with Gasteiger partial charge in [-0.3, -0.25) is 15.1 Å². The number of aromatic nitrogens is 1. The highest BCUT2D eigenvalue weighted by Gasteiger charge is 2.20. The molecule has 198 valence electrons. The molecule has 0 fully saturated rings. The maximum absolute atomic E-state index is 13.3. The van der Waals surface area contributed by atoms with Crippen LogP contribution in [-0.2, 0) is 30.8 Å². The van der Waals surface area contributed by atoms with E-state index in [0.717, 1.165) is 27.8 Å². The van der Waals surface area contributed by atoms with E-state index in [1.807, 2.05) is 91.0 Å². The van der Waals surface area contributed by atoms with Gasteiger partial charge in [0.15, 0.2) is 5.96 Å². The molecule has 0 bridgehead atoms. The first-order chi connectivity index (χ1) is 19.1. The molecule has 0 aliphatic rings. The van der Waals surface area contributed by atoms with Crippen LogP contribution >= 0.6 is 0 Å². The molecular formula is C31H32N6O2. The van der Waals surface area contributed by atoms with E-state index in [0.29, 0.717) is 19.5 Å². The van der Waals surface area contributed by atoms with Gasteiger partial charge < -0.3 is 16.4 Å². The molecule has 1 aromatic heterocycles. The number of urea groups is 1. The van der Waals surface area contributed by atoms with Gasteiger partial charge in [-0.25, -0.2) is 9.79 Å². The van der Waals surface area contributed by atoms with Gasteiger partial charge in [0, 0.05) is 25.5 Å². The van der Waals surface area contributed by atoms with Crippen LogP contribution in [0.5, 0.6) is 0 Å². The van der Waals surface area contributed by atoms with E-state index in [-0.39, 0.29) is 24.3 Å². The summed E-state index contributed by atoms with van der Waals surface area (Å²) in [6.45, 7) is 1.01. The maximum Gasteiger partial charge on any atom is 0.321 e. The smallest absolute Gasteiger partial charge is 0.321 e. The Morgan fingerprint density at radius 3 is 2.18 bits per heavy atom. The van der Waals surface area contributed by atoms with Gasteiger partial charge in [0.05, 0.1) is 12.5 Å². The SMILES string of the molecule is NC(=NCc1cccc(CNC(=O)C(Cc2ccccc2)c2ccccc2)c1)NC(=O)NCc1cccnc1. The summed E-state index contributed by atoms with van der Waals surface area (Å²) in [6, 6.07) is 30.8. The zero-order valence-corrected chi connectivity index (χ0v) is 21.6. The predicted molar refractivity (Wildman–Crippen MR) is 153 cm³/mol. The molecule has 0 saturated carbocycles. The second-order valence-electron chi connectivity index (χ2n) is 9.06. The second-order valence-corrected chi connectivity index (χ2v) is 9.06. The van der Waals surface area contributed by atoms with Crippen molar-refractivity contribution in [2.24, 2.45) is 10.7 Å². The molecule has 3 amide bonds. The molecule has 4 aromatic rings. The summed E-state index contributed by atoms with van der Waals surface area (Å²) in [4.78, 5) is 33.6. The van der Waals surface area contributed by atoms with Gasteiger partial charge in [-0.1, -0.05) is 91.0 Å². The molecule has 1 atom stereocenters. The first-order valence-electron chi connectivity index (χ1n) is 12.7. The summed E-state index contributed by atoms with van der Waals surface area (Å²) in [5.74, 6) is -0.306. The Bertz CT molecular complexity index is 1380. The number of nitrogens with zero attached hydrogens (tertiary/aromatic N) is 2. The van der Waals surface area contributed by atoms with Gasteiger partial charge in [0.1, 0.15) is 0 Å². The van der Waals surface area contributed by atoms with Crippen LogP contribution in [0.15, 0.2) is 114 Å². The number of hydrogen-bond acceptors (Lipinski definition) is 4. The van der Waals surface area contributed by atoms with Gasteiger partial charge in [0.25, 0.3) is 0 Å². The number of carbonyl (C=O) groups excluding carboxylic acids is 2. The molecule has 0 aliphatic heterocycles. The van der Waals surface area contributed by atoms with Crippen LogP contribution in [-0.4, -0.2) is 22.9 Å². The molecule has 0 aliphatic carbocycles. The van der Waals surface area contributed by atoms with Crippen LogP contribution in [0.3, 0.4) is 0 Å². The molecule has 4 rings (SSSR count). The fourth-order valence-electron chi connectivity index (χ4n) is 4.11. The van der Waals surface area contributed by atoms with Crippen LogP contribution in [0.1, 0.15) is 33.7 Å². The van der Waals surface area contributed by atoms with Crippen molar-refractivity contribution in [2.75, 3.05) is 0 Å². The van der Waals surface area contributed by atoms with E-state index < -0.39 is 6.03 Å². The third-order valence-corrected chi connectivity index (χ3v) is 6.11. The molecule has 8 heteroatoms. The van der Waals surface area contributed by atoms with E-state index in [9.17, 15) is 9.59 Å². The Balaban J connectivity index is 1.30. The molecule has 8 nitrogen and oxygen atoms in total. The number of nitrogens with two attached hydrogens (primary N) is 1. The lowest BCUT2D eigenvalue weighted by Gasteiger charge is -2.18. The fraction of sp³-hybridized carbons (Fsp3) is 0.161. The molecule has 1 heterocycles. The zero-order chi connectivity index (χ0) is 27.3. The van der Waals surface area contributed by atoms with E-state index in [4.69, 9.17) is 5.73 Å². The Hall–Kier alpha value is -4.98. The highest BCUT2D eigenvalue weighted by molar-refractivity contribution is 5.95. The Labute approximate surface area is 228 Å². The van der Waals surface area contributed by atoms with Crippen molar-refractivity contribution in [3.63, 3.8) is 0 Å². The first kappa shape index (κ1) is 27.1. The number of pyridine rings is 1. The summed E-state index contributed by atoms with van der Waals surface area (Å²) in [5, 5.41) is 8.33. The zero-order valence-electron chi connectivity index (χ0n) is 21.6. The van der Waals surface area contributed by atoms with E-state index in [1.165, 1.54) is 0 Å². The lowest BCUT2D eigenvalue weighted by molar-refractivity contribution is -0.122. The van der Waals surface area contributed by atoms with Crippen molar-refractivity contribution in [3.05, 3.63) is 137 Å². The third-order valence-electron chi connectivity index (χ3n) is 6.11. The predicted octanol–water partition coefficient (Wildman–Crippen LogP) is 4.04. The van der Waals surface area contributed by atoms with Crippen LogP contribution in [0.4, 0.5) is 4.79 Å². The number of rotatable bonds is 10. The van der Waals surface area contributed by atoms with E-state index in [2.05, 4.69) is 25.9 Å². The number of nitrogens with one attached hydrogen (secondary N) is 3. The summed E-state index contributed by atoms with van der Waals surface area (Å²) < 4.78 is 0. The lowest BCUT2D eigenvalue weighted by Crippen LogP contribution is -2.43. The van der Waals surface area contributed by atoms with Crippen LogP contribution < -0.4 is 21.7 Å². The van der Waals surface area contributed by atoms with Crippen molar-refractivity contribution in [1.82, 2.24) is 20.9 Å². The largest absolute Gasteiger partial charge is 0.370 e. The Morgan fingerprint density at radius 2 is 1.44 bits per heavy atom. The number of amides is 3. The molecule has 0 saturated heterocycles. The average Bonchev–Trinajstić information content (AvgIpc) is 2.98. The number of guanidine groups is 1. The number of aliphatic imine (C=N–C) groups is 1. The van der Waals surface area contributed by atoms with Crippen molar-refractivity contribution in [3.8, 4) is 0 Å². The highest BCUT2D eigenvalue weighted by atomic mass is 16.2. The van der Waals surface area contributed by atoms with Gasteiger partial charge in [-0.2, -0.15) is 0 Å². The minimum atomic E-state index is -0.444. The van der Waals surface area contributed by atoms with Crippen molar-refractivity contribution < 1.29 is 9.59 Å². The number of carbonyl (C=O) groups is 2. The summed E-state index contributed by atoms with van der Waals surface area (Å²) in [6.07, 6.45) is 3.97. The van der Waals surface area contributed by atoms with Gasteiger partial charge >= 0.3 is 6.03 Å². The molecule has 5 N–H and O–H groups in total. The van der Waals surface area contributed by atoms with Crippen LogP contribution in [0.25, 0.3) is 0 Å². The van der Waals surface area contributed by atoms with E-state index >= 15 is 0 Å². The highest BCUT2D eigenvalue weighted by Crippen LogP contribution is 2.21. The third kappa shape index (κ3) is 8.82. The Kier molecular flexibility index (Phi) is 9.78. The first-order valence-corrected chi connectivity index (χ1v) is 12.7. The minimum Gasteiger partial charge on any atom is -0.370 e. The molecule has 0 radical (unpaired) electrons. The molecular weight excluding hydrogens is 488 g/mol. The van der Waals surface area contributed by atoms with Crippen LogP contribution in [0.2, 0.25) is 0 Å². The van der Waals surface area contributed by atoms with Gasteiger partial charge in [-0.05, 0) is 40.3 Å². The number of hydrogen-bond donors (Lipinski definition) is 4. The van der Waals surface area contributed by atoms with E-state index in [1.54, 1.807) is 18.5 Å². The summed E-state index contributed by atoms with van der Waals surface area (Å²) >= 11 is 0. The molecule has 3 aromatic carbocycles.